The molecule has 0 fully saturated rings. The van der Waals surface area contributed by atoms with Crippen LogP contribution >= 0.6 is 34.9 Å². The van der Waals surface area contributed by atoms with Crippen molar-refractivity contribution in [2.24, 2.45) is 0 Å². The highest BCUT2D eigenvalue weighted by atomic mass is 32.2. The minimum Gasteiger partial charge on any atom is -0.325 e. The van der Waals surface area contributed by atoms with Gasteiger partial charge >= 0.3 is 0 Å². The van der Waals surface area contributed by atoms with Gasteiger partial charge in [-0.05, 0) is 54.6 Å². The number of aryl methyl sites for hydroxylation is 2. The average molecular weight is 482 g/mol. The van der Waals surface area contributed by atoms with E-state index < -0.39 is 0 Å². The standard InChI is InChI=1S/C23H23N5OS3/c1-17-26-27-23(28(17)12-10-20-8-5-13-30-20)32-16-21(29)25-19-7-4-6-18(14-19)15-31-22-9-2-3-11-24-22/h2-9,11,13-14H,10,12,15-16H2,1H3,(H,25,29). The zero-order valence-corrected chi connectivity index (χ0v) is 20.1. The van der Waals surface area contributed by atoms with Crippen molar-refractivity contribution in [1.82, 2.24) is 19.7 Å². The predicted molar refractivity (Wildman–Crippen MR) is 132 cm³/mol. The van der Waals surface area contributed by atoms with Crippen molar-refractivity contribution in [2.45, 2.75) is 35.8 Å². The maximum atomic E-state index is 12.5. The highest BCUT2D eigenvalue weighted by Gasteiger charge is 2.12. The van der Waals surface area contributed by atoms with Crippen LogP contribution in [-0.2, 0) is 23.5 Å². The highest BCUT2D eigenvalue weighted by Crippen LogP contribution is 2.23. The van der Waals surface area contributed by atoms with Gasteiger partial charge in [-0.1, -0.05) is 36.0 Å². The molecule has 0 saturated heterocycles. The number of pyridine rings is 1. The Labute approximate surface area is 199 Å². The molecule has 6 nitrogen and oxygen atoms in total. The molecule has 4 rings (SSSR count). The minimum atomic E-state index is -0.0602. The first kappa shape index (κ1) is 22.6. The molecule has 164 valence electrons. The molecule has 0 aliphatic heterocycles. The lowest BCUT2D eigenvalue weighted by Crippen LogP contribution is -2.15. The Morgan fingerprint density at radius 1 is 1.09 bits per heavy atom. The Balaban J connectivity index is 1.29. The van der Waals surface area contributed by atoms with E-state index in [9.17, 15) is 4.79 Å². The minimum absolute atomic E-state index is 0.0602. The Morgan fingerprint density at radius 3 is 2.84 bits per heavy atom. The number of hydrogen-bond acceptors (Lipinski definition) is 7. The molecule has 0 spiro atoms. The largest absolute Gasteiger partial charge is 0.325 e. The van der Waals surface area contributed by atoms with Gasteiger partial charge in [-0.25, -0.2) is 4.98 Å². The van der Waals surface area contributed by atoms with Gasteiger partial charge in [-0.3, -0.25) is 4.79 Å². The molecule has 0 unspecified atom stereocenters. The molecule has 32 heavy (non-hydrogen) atoms. The van der Waals surface area contributed by atoms with Gasteiger partial charge in [-0.15, -0.1) is 33.3 Å². The molecule has 9 heteroatoms. The fraction of sp³-hybridized carbons (Fsp3) is 0.217. The number of rotatable bonds is 10. The summed E-state index contributed by atoms with van der Waals surface area (Å²) in [6.45, 7) is 2.75. The summed E-state index contributed by atoms with van der Waals surface area (Å²) in [6.07, 6.45) is 2.72. The molecule has 0 saturated carbocycles. The van der Waals surface area contributed by atoms with E-state index >= 15 is 0 Å². The van der Waals surface area contributed by atoms with E-state index in [1.807, 2.05) is 43.3 Å². The van der Waals surface area contributed by atoms with Crippen LogP contribution in [0.4, 0.5) is 5.69 Å². The summed E-state index contributed by atoms with van der Waals surface area (Å²) in [5.41, 5.74) is 1.93. The molecule has 4 aromatic rings. The number of thioether (sulfide) groups is 2. The lowest BCUT2D eigenvalue weighted by molar-refractivity contribution is -0.113. The van der Waals surface area contributed by atoms with Crippen molar-refractivity contribution in [1.29, 1.82) is 0 Å². The molecule has 1 aromatic carbocycles. The van der Waals surface area contributed by atoms with E-state index in [1.165, 1.54) is 16.6 Å². The summed E-state index contributed by atoms with van der Waals surface area (Å²) in [6, 6.07) is 18.0. The molecule has 1 N–H and O–H groups in total. The first-order chi connectivity index (χ1) is 15.7. The van der Waals surface area contributed by atoms with Crippen molar-refractivity contribution < 1.29 is 4.79 Å². The predicted octanol–water partition coefficient (Wildman–Crippen LogP) is 5.31. The van der Waals surface area contributed by atoms with Crippen LogP contribution in [0.2, 0.25) is 0 Å². The molecule has 3 aromatic heterocycles. The van der Waals surface area contributed by atoms with Crippen molar-refractivity contribution in [3.63, 3.8) is 0 Å². The van der Waals surface area contributed by atoms with Gasteiger partial charge in [-0.2, -0.15) is 0 Å². The summed E-state index contributed by atoms with van der Waals surface area (Å²) in [7, 11) is 0. The zero-order chi connectivity index (χ0) is 22.2. The Hall–Kier alpha value is -2.62. The Morgan fingerprint density at radius 2 is 2.03 bits per heavy atom. The average Bonchev–Trinajstić information content (AvgIpc) is 3.45. The van der Waals surface area contributed by atoms with Crippen LogP contribution in [0, 0.1) is 6.92 Å². The van der Waals surface area contributed by atoms with Gasteiger partial charge in [0, 0.05) is 29.1 Å². The maximum Gasteiger partial charge on any atom is 0.234 e. The number of thiophene rings is 1. The highest BCUT2D eigenvalue weighted by molar-refractivity contribution is 7.99. The number of carbonyl (C=O) groups is 1. The van der Waals surface area contributed by atoms with Crippen molar-refractivity contribution in [3.05, 3.63) is 82.4 Å². The number of carbonyl (C=O) groups excluding carboxylic acids is 1. The van der Waals surface area contributed by atoms with Gasteiger partial charge < -0.3 is 9.88 Å². The number of aromatic nitrogens is 4. The second kappa shape index (κ2) is 11.3. The molecule has 0 atom stereocenters. The monoisotopic (exact) mass is 481 g/mol. The molecule has 0 aliphatic carbocycles. The van der Waals surface area contributed by atoms with Crippen molar-refractivity contribution >= 4 is 46.5 Å². The van der Waals surface area contributed by atoms with Crippen LogP contribution in [-0.4, -0.2) is 31.4 Å². The molecular formula is C23H23N5OS3. The van der Waals surface area contributed by atoms with Crippen LogP contribution in [0.15, 0.2) is 76.4 Å². The van der Waals surface area contributed by atoms with E-state index in [0.29, 0.717) is 0 Å². The second-order valence-electron chi connectivity index (χ2n) is 7.00. The van der Waals surface area contributed by atoms with E-state index in [2.05, 4.69) is 48.6 Å². The third kappa shape index (κ3) is 6.44. The lowest BCUT2D eigenvalue weighted by Gasteiger charge is -2.09. The Bertz CT molecular complexity index is 1150. The summed E-state index contributed by atoms with van der Waals surface area (Å²) in [5, 5.41) is 15.3. The van der Waals surface area contributed by atoms with E-state index in [-0.39, 0.29) is 11.7 Å². The quantitative estimate of drug-likeness (QED) is 0.310. The molecule has 0 aliphatic rings. The van der Waals surface area contributed by atoms with Gasteiger partial charge in [0.05, 0.1) is 10.8 Å². The van der Waals surface area contributed by atoms with Crippen LogP contribution in [0.25, 0.3) is 0 Å². The second-order valence-corrected chi connectivity index (χ2v) is 9.98. The van der Waals surface area contributed by atoms with E-state index in [4.69, 9.17) is 0 Å². The third-order valence-electron chi connectivity index (χ3n) is 4.63. The zero-order valence-electron chi connectivity index (χ0n) is 17.6. The number of anilines is 1. The third-order valence-corrected chi connectivity index (χ3v) is 7.55. The first-order valence-corrected chi connectivity index (χ1v) is 13.0. The van der Waals surface area contributed by atoms with Crippen LogP contribution in [0.1, 0.15) is 16.3 Å². The van der Waals surface area contributed by atoms with Gasteiger partial charge in [0.1, 0.15) is 5.82 Å². The van der Waals surface area contributed by atoms with Crippen LogP contribution in [0.5, 0.6) is 0 Å². The van der Waals surface area contributed by atoms with Crippen LogP contribution < -0.4 is 5.32 Å². The lowest BCUT2D eigenvalue weighted by atomic mass is 10.2. The maximum absolute atomic E-state index is 12.5. The number of hydrogen-bond donors (Lipinski definition) is 1. The van der Waals surface area contributed by atoms with Crippen LogP contribution in [0.3, 0.4) is 0 Å². The van der Waals surface area contributed by atoms with Gasteiger partial charge in [0.2, 0.25) is 5.91 Å². The number of nitrogens with one attached hydrogen (secondary N) is 1. The SMILES string of the molecule is Cc1nnc(SCC(=O)Nc2cccc(CSc3ccccn3)c2)n1CCc1cccs1. The fourth-order valence-corrected chi connectivity index (χ4v) is 5.37. The van der Waals surface area contributed by atoms with E-state index in [0.717, 1.165) is 46.0 Å². The summed E-state index contributed by atoms with van der Waals surface area (Å²) in [4.78, 5) is 18.2. The van der Waals surface area contributed by atoms with E-state index in [1.54, 1.807) is 29.3 Å². The summed E-state index contributed by atoms with van der Waals surface area (Å²) in [5.74, 6) is 1.88. The smallest absolute Gasteiger partial charge is 0.234 e. The molecule has 0 bridgehead atoms. The fourth-order valence-electron chi connectivity index (χ4n) is 3.06. The van der Waals surface area contributed by atoms with Gasteiger partial charge in [0.25, 0.3) is 0 Å². The number of amides is 1. The van der Waals surface area contributed by atoms with Gasteiger partial charge in [0.15, 0.2) is 5.16 Å². The van der Waals surface area contributed by atoms with Crippen molar-refractivity contribution in [3.8, 4) is 0 Å². The summed E-state index contributed by atoms with van der Waals surface area (Å²) < 4.78 is 2.08. The molecule has 1 amide bonds. The normalized spacial score (nSPS) is 10.9. The summed E-state index contributed by atoms with van der Waals surface area (Å²) >= 11 is 4.83. The molecular weight excluding hydrogens is 458 g/mol. The molecule has 3 heterocycles. The first-order valence-electron chi connectivity index (χ1n) is 10.1. The number of nitrogens with zero attached hydrogens (tertiary/aromatic N) is 4. The van der Waals surface area contributed by atoms with Crippen molar-refractivity contribution in [2.75, 3.05) is 11.1 Å². The molecule has 0 radical (unpaired) electrons. The number of benzene rings is 1. The topological polar surface area (TPSA) is 72.7 Å². The Kier molecular flexibility index (Phi) is 7.97.